The average Bonchev–Trinajstić information content (AvgIpc) is 3.30. The standard InChI is InChI=1S/C30H31N3O7S/c1-4-39-29(36)26-19(2)31-30-33(27(26)21-6-5-7-23(17-21)37-3)28(35)24(41-30)16-20-8-10-22(11-9-20)40-18-25(34)32-12-14-38-15-13-32/h5-11,16-17,27H,4,12-15,18H2,1-3H3/b24-16+/t27-/m0/s1. The minimum absolute atomic E-state index is 0.0512. The van der Waals surface area contributed by atoms with Gasteiger partial charge in [-0.05, 0) is 55.3 Å². The average molecular weight is 578 g/mol. The summed E-state index contributed by atoms with van der Waals surface area (Å²) in [5.74, 6) is 0.564. The molecule has 0 aliphatic carbocycles. The Bertz CT molecular complexity index is 1650. The fraction of sp³-hybridized carbons (Fsp3) is 0.333. The Morgan fingerprint density at radius 2 is 1.88 bits per heavy atom. The molecule has 3 heterocycles. The molecule has 11 heteroatoms. The molecular weight excluding hydrogens is 546 g/mol. The predicted molar refractivity (Wildman–Crippen MR) is 153 cm³/mol. The van der Waals surface area contributed by atoms with Crippen molar-refractivity contribution >= 4 is 29.3 Å². The highest BCUT2D eigenvalue weighted by atomic mass is 32.1. The van der Waals surface area contributed by atoms with Crippen LogP contribution in [-0.2, 0) is 19.1 Å². The summed E-state index contributed by atoms with van der Waals surface area (Å²) in [4.78, 5) is 46.0. The molecule has 2 aromatic carbocycles. The van der Waals surface area contributed by atoms with Crippen LogP contribution in [0, 0.1) is 0 Å². The molecule has 0 spiro atoms. The highest BCUT2D eigenvalue weighted by Gasteiger charge is 2.33. The number of allylic oxidation sites excluding steroid dienone is 1. The van der Waals surface area contributed by atoms with Crippen LogP contribution in [0.3, 0.4) is 0 Å². The molecule has 1 amide bonds. The summed E-state index contributed by atoms with van der Waals surface area (Å²) in [6.45, 7) is 5.85. The molecule has 0 saturated carbocycles. The molecule has 214 valence electrons. The predicted octanol–water partition coefficient (Wildman–Crippen LogP) is 2.04. The van der Waals surface area contributed by atoms with Crippen LogP contribution >= 0.6 is 11.3 Å². The molecule has 1 saturated heterocycles. The van der Waals surface area contributed by atoms with E-state index in [4.69, 9.17) is 18.9 Å². The number of carbonyl (C=O) groups is 2. The number of fused-ring (bicyclic) bond motifs is 1. The summed E-state index contributed by atoms with van der Waals surface area (Å²) >= 11 is 1.25. The second-order valence-electron chi connectivity index (χ2n) is 9.43. The lowest BCUT2D eigenvalue weighted by atomic mass is 9.95. The quantitative estimate of drug-likeness (QED) is 0.377. The van der Waals surface area contributed by atoms with E-state index < -0.39 is 12.0 Å². The maximum Gasteiger partial charge on any atom is 0.338 e. The van der Waals surface area contributed by atoms with Crippen LogP contribution in [0.1, 0.15) is 31.0 Å². The minimum atomic E-state index is -0.720. The molecule has 1 fully saturated rings. The molecule has 10 nitrogen and oxygen atoms in total. The van der Waals surface area contributed by atoms with Crippen LogP contribution in [0.5, 0.6) is 11.5 Å². The van der Waals surface area contributed by atoms with E-state index in [0.29, 0.717) is 64.0 Å². The number of nitrogens with zero attached hydrogens (tertiary/aromatic N) is 3. The van der Waals surface area contributed by atoms with E-state index in [1.54, 1.807) is 54.7 Å². The molecule has 0 N–H and O–H groups in total. The third-order valence-corrected chi connectivity index (χ3v) is 7.81. The molecule has 5 rings (SSSR count). The number of hydrogen-bond donors (Lipinski definition) is 0. The third kappa shape index (κ3) is 6.10. The molecule has 41 heavy (non-hydrogen) atoms. The lowest BCUT2D eigenvalue weighted by molar-refractivity contribution is -0.139. The fourth-order valence-electron chi connectivity index (χ4n) is 4.78. The zero-order valence-electron chi connectivity index (χ0n) is 23.1. The summed E-state index contributed by atoms with van der Waals surface area (Å²) < 4.78 is 23.7. The molecule has 0 radical (unpaired) electrons. The maximum absolute atomic E-state index is 13.8. The van der Waals surface area contributed by atoms with Gasteiger partial charge in [-0.15, -0.1) is 0 Å². The smallest absolute Gasteiger partial charge is 0.338 e. The topological polar surface area (TPSA) is 109 Å². The lowest BCUT2D eigenvalue weighted by Gasteiger charge is -2.26. The van der Waals surface area contributed by atoms with E-state index in [0.717, 1.165) is 5.56 Å². The number of rotatable bonds is 8. The second-order valence-corrected chi connectivity index (χ2v) is 10.4. The molecule has 2 aliphatic heterocycles. The van der Waals surface area contributed by atoms with Gasteiger partial charge in [-0.3, -0.25) is 14.2 Å². The van der Waals surface area contributed by atoms with Crippen LogP contribution in [-0.4, -0.2) is 68.0 Å². The minimum Gasteiger partial charge on any atom is -0.497 e. The number of hydrogen-bond acceptors (Lipinski definition) is 9. The van der Waals surface area contributed by atoms with Crippen molar-refractivity contribution in [1.29, 1.82) is 0 Å². The zero-order chi connectivity index (χ0) is 28.9. The van der Waals surface area contributed by atoms with Crippen molar-refractivity contribution in [3.63, 3.8) is 0 Å². The molecule has 1 atom stereocenters. The monoisotopic (exact) mass is 577 g/mol. The molecule has 3 aromatic rings. The van der Waals surface area contributed by atoms with E-state index >= 15 is 0 Å². The first-order valence-electron chi connectivity index (χ1n) is 13.3. The maximum atomic E-state index is 13.8. The summed E-state index contributed by atoms with van der Waals surface area (Å²) in [6.07, 6.45) is 1.78. The van der Waals surface area contributed by atoms with Crippen LogP contribution in [0.25, 0.3) is 6.08 Å². The van der Waals surface area contributed by atoms with E-state index in [1.165, 1.54) is 11.3 Å². The molecular formula is C30H31N3O7S. The van der Waals surface area contributed by atoms with Crippen LogP contribution in [0.4, 0.5) is 0 Å². The van der Waals surface area contributed by atoms with Crippen LogP contribution in [0.2, 0.25) is 0 Å². The molecule has 0 bridgehead atoms. The Hall–Kier alpha value is -4.22. The Morgan fingerprint density at radius 3 is 2.59 bits per heavy atom. The first-order valence-corrected chi connectivity index (χ1v) is 14.1. The number of carbonyl (C=O) groups excluding carboxylic acids is 2. The first-order chi connectivity index (χ1) is 19.9. The van der Waals surface area contributed by atoms with Gasteiger partial charge in [0.05, 0.1) is 48.8 Å². The van der Waals surface area contributed by atoms with Crippen LogP contribution in [0.15, 0.2) is 69.6 Å². The summed E-state index contributed by atoms with van der Waals surface area (Å²) in [5.41, 5.74) is 2.03. The number of amides is 1. The van der Waals surface area contributed by atoms with Gasteiger partial charge in [-0.2, -0.15) is 0 Å². The van der Waals surface area contributed by atoms with Gasteiger partial charge >= 0.3 is 5.97 Å². The zero-order valence-corrected chi connectivity index (χ0v) is 23.9. The lowest BCUT2D eigenvalue weighted by Crippen LogP contribution is -2.42. The fourth-order valence-corrected chi connectivity index (χ4v) is 5.83. The van der Waals surface area contributed by atoms with Gasteiger partial charge in [0.1, 0.15) is 11.5 Å². The highest BCUT2D eigenvalue weighted by Crippen LogP contribution is 2.32. The van der Waals surface area contributed by atoms with Gasteiger partial charge in [-0.1, -0.05) is 35.6 Å². The van der Waals surface area contributed by atoms with E-state index in [-0.39, 0.29) is 24.7 Å². The van der Waals surface area contributed by atoms with Crippen molar-refractivity contribution in [3.8, 4) is 11.5 Å². The Kier molecular flexibility index (Phi) is 8.65. The number of methoxy groups -OCH3 is 1. The van der Waals surface area contributed by atoms with Crippen molar-refractivity contribution in [1.82, 2.24) is 9.47 Å². The van der Waals surface area contributed by atoms with Gasteiger partial charge in [0.2, 0.25) is 0 Å². The molecule has 2 aliphatic rings. The SMILES string of the molecule is CCOC(=O)C1=C(C)N=c2s/c(=C/c3ccc(OCC(=O)N4CCOCC4)cc3)c(=O)n2[C@H]1c1cccc(OC)c1. The highest BCUT2D eigenvalue weighted by molar-refractivity contribution is 7.07. The number of aromatic nitrogens is 1. The van der Waals surface area contributed by atoms with Crippen molar-refractivity contribution < 1.29 is 28.5 Å². The van der Waals surface area contributed by atoms with E-state index in [2.05, 4.69) is 4.99 Å². The number of ether oxygens (including phenoxy) is 4. The molecule has 1 aromatic heterocycles. The number of morpholine rings is 1. The number of benzene rings is 2. The van der Waals surface area contributed by atoms with E-state index in [9.17, 15) is 14.4 Å². The number of esters is 1. The Balaban J connectivity index is 1.45. The van der Waals surface area contributed by atoms with Gasteiger partial charge in [0.15, 0.2) is 11.4 Å². The summed E-state index contributed by atoms with van der Waals surface area (Å²) in [7, 11) is 1.57. The van der Waals surface area contributed by atoms with Crippen molar-refractivity contribution in [3.05, 3.63) is 90.6 Å². The summed E-state index contributed by atoms with van der Waals surface area (Å²) in [5, 5.41) is 0. The van der Waals surface area contributed by atoms with E-state index in [1.807, 2.05) is 30.3 Å². The third-order valence-electron chi connectivity index (χ3n) is 6.83. The van der Waals surface area contributed by atoms with Crippen molar-refractivity contribution in [2.75, 3.05) is 46.6 Å². The Morgan fingerprint density at radius 1 is 1.12 bits per heavy atom. The number of thiazole rings is 1. The van der Waals surface area contributed by atoms with Crippen LogP contribution < -0.4 is 24.4 Å². The second kappa shape index (κ2) is 12.5. The van der Waals surface area contributed by atoms with Gasteiger partial charge in [0, 0.05) is 13.1 Å². The van der Waals surface area contributed by atoms with Crippen molar-refractivity contribution in [2.45, 2.75) is 19.9 Å². The largest absolute Gasteiger partial charge is 0.497 e. The van der Waals surface area contributed by atoms with Gasteiger partial charge in [-0.25, -0.2) is 9.79 Å². The summed E-state index contributed by atoms with van der Waals surface area (Å²) in [6, 6.07) is 13.7. The Labute approximate surface area is 240 Å². The van der Waals surface area contributed by atoms with Gasteiger partial charge < -0.3 is 23.8 Å². The van der Waals surface area contributed by atoms with Gasteiger partial charge in [0.25, 0.3) is 11.5 Å². The first kappa shape index (κ1) is 28.3. The van der Waals surface area contributed by atoms with Crippen molar-refractivity contribution in [2.24, 2.45) is 4.99 Å². The molecule has 0 unspecified atom stereocenters. The normalized spacial score (nSPS) is 17.1.